The van der Waals surface area contributed by atoms with E-state index in [4.69, 9.17) is 15.3 Å². The lowest BCUT2D eigenvalue weighted by Gasteiger charge is -2.28. The van der Waals surface area contributed by atoms with Gasteiger partial charge in [-0.3, -0.25) is 0 Å². The minimum atomic E-state index is -0.988. The molecule has 0 aromatic carbocycles. The molecule has 0 amide bonds. The second-order valence-electron chi connectivity index (χ2n) is 3.62. The summed E-state index contributed by atoms with van der Waals surface area (Å²) >= 11 is 1.65. The minimum absolute atomic E-state index is 0.287. The molecule has 1 aromatic heterocycles. The first-order valence-electron chi connectivity index (χ1n) is 4.79. The molecule has 0 bridgehead atoms. The summed E-state index contributed by atoms with van der Waals surface area (Å²) in [5, 5.41) is 30.2. The van der Waals surface area contributed by atoms with Gasteiger partial charge in [0.05, 0.1) is 25.4 Å². The number of aryl methyl sites for hydroxylation is 1. The van der Waals surface area contributed by atoms with Crippen LogP contribution in [-0.4, -0.2) is 40.7 Å². The van der Waals surface area contributed by atoms with Gasteiger partial charge in [0.2, 0.25) is 0 Å². The van der Waals surface area contributed by atoms with Gasteiger partial charge in [0.25, 0.3) is 0 Å². The highest BCUT2D eigenvalue weighted by Crippen LogP contribution is 2.15. The molecule has 1 aromatic rings. The molecule has 5 heteroatoms. The predicted molar refractivity (Wildman–Crippen MR) is 59.9 cm³/mol. The number of aliphatic hydroxyl groups is 3. The van der Waals surface area contributed by atoms with E-state index in [1.165, 1.54) is 4.88 Å². The Morgan fingerprint density at radius 1 is 1.20 bits per heavy atom. The molecule has 15 heavy (non-hydrogen) atoms. The molecule has 0 unspecified atom stereocenters. The molecular weight excluding hydrogens is 214 g/mol. The smallest absolute Gasteiger partial charge is 0.0884 e. The highest BCUT2D eigenvalue weighted by Gasteiger charge is 2.27. The maximum Gasteiger partial charge on any atom is 0.0884 e. The molecule has 0 aliphatic rings. The van der Waals surface area contributed by atoms with Crippen LogP contribution in [0.2, 0.25) is 0 Å². The third kappa shape index (κ3) is 3.25. The highest BCUT2D eigenvalue weighted by atomic mass is 32.1. The van der Waals surface area contributed by atoms with Crippen LogP contribution in [0.3, 0.4) is 0 Å². The number of rotatable bonds is 6. The van der Waals surface area contributed by atoms with Crippen molar-refractivity contribution in [3.63, 3.8) is 0 Å². The molecule has 0 aliphatic heterocycles. The van der Waals surface area contributed by atoms with Gasteiger partial charge in [-0.25, -0.2) is 0 Å². The van der Waals surface area contributed by atoms with Crippen LogP contribution in [0.1, 0.15) is 9.75 Å². The van der Waals surface area contributed by atoms with Crippen LogP contribution >= 0.6 is 11.3 Å². The number of hydrogen-bond acceptors (Lipinski definition) is 5. The second-order valence-corrected chi connectivity index (χ2v) is 4.99. The van der Waals surface area contributed by atoms with Crippen LogP contribution in [0.25, 0.3) is 0 Å². The van der Waals surface area contributed by atoms with Gasteiger partial charge in [-0.1, -0.05) is 0 Å². The number of nitrogens with one attached hydrogen (secondary N) is 1. The molecule has 4 nitrogen and oxygen atoms in total. The van der Waals surface area contributed by atoms with Crippen molar-refractivity contribution in [2.75, 3.05) is 19.8 Å². The first-order chi connectivity index (χ1) is 7.15. The molecule has 86 valence electrons. The fraction of sp³-hybridized carbons (Fsp3) is 0.600. The monoisotopic (exact) mass is 231 g/mol. The van der Waals surface area contributed by atoms with Crippen LogP contribution in [0.4, 0.5) is 0 Å². The van der Waals surface area contributed by atoms with Gasteiger partial charge in [0.1, 0.15) is 0 Å². The Kier molecular flexibility index (Phi) is 4.69. The van der Waals surface area contributed by atoms with Gasteiger partial charge in [0.15, 0.2) is 0 Å². The average molecular weight is 231 g/mol. The topological polar surface area (TPSA) is 72.7 Å². The van der Waals surface area contributed by atoms with Gasteiger partial charge < -0.3 is 20.6 Å². The number of hydrogen-bond donors (Lipinski definition) is 4. The molecule has 0 atom stereocenters. The van der Waals surface area contributed by atoms with Gasteiger partial charge in [-0.2, -0.15) is 0 Å². The van der Waals surface area contributed by atoms with Gasteiger partial charge in [0, 0.05) is 16.3 Å². The van der Waals surface area contributed by atoms with E-state index in [9.17, 15) is 0 Å². The molecule has 0 saturated heterocycles. The standard InChI is InChI=1S/C10H17NO3S/c1-8-2-3-9(15-8)4-11-10(5-12,6-13)7-14/h2-3,11-14H,4-7H2,1H3. The van der Waals surface area contributed by atoms with Crippen molar-refractivity contribution in [3.8, 4) is 0 Å². The van der Waals surface area contributed by atoms with E-state index in [1.807, 2.05) is 19.1 Å². The Balaban J connectivity index is 2.54. The molecular formula is C10H17NO3S. The van der Waals surface area contributed by atoms with Crippen LogP contribution in [0, 0.1) is 6.92 Å². The van der Waals surface area contributed by atoms with E-state index >= 15 is 0 Å². The van der Waals surface area contributed by atoms with Crippen LogP contribution in [0.15, 0.2) is 12.1 Å². The summed E-state index contributed by atoms with van der Waals surface area (Å²) in [6.45, 7) is 1.70. The van der Waals surface area contributed by atoms with Crippen molar-refractivity contribution in [1.82, 2.24) is 5.32 Å². The van der Waals surface area contributed by atoms with Crippen molar-refractivity contribution in [3.05, 3.63) is 21.9 Å². The minimum Gasteiger partial charge on any atom is -0.394 e. The zero-order valence-electron chi connectivity index (χ0n) is 8.73. The SMILES string of the molecule is Cc1ccc(CNC(CO)(CO)CO)s1. The van der Waals surface area contributed by atoms with Gasteiger partial charge >= 0.3 is 0 Å². The Morgan fingerprint density at radius 2 is 1.80 bits per heavy atom. The zero-order chi connectivity index (χ0) is 11.3. The lowest BCUT2D eigenvalue weighted by molar-refractivity contribution is 0.0415. The quantitative estimate of drug-likeness (QED) is 0.550. The van der Waals surface area contributed by atoms with Crippen molar-refractivity contribution in [2.45, 2.75) is 19.0 Å². The van der Waals surface area contributed by atoms with Crippen LogP contribution in [0.5, 0.6) is 0 Å². The van der Waals surface area contributed by atoms with E-state index in [2.05, 4.69) is 5.32 Å². The molecule has 0 saturated carbocycles. The summed E-state index contributed by atoms with van der Waals surface area (Å²) in [5.41, 5.74) is -0.988. The Hall–Kier alpha value is -0.460. The summed E-state index contributed by atoms with van der Waals surface area (Å²) in [7, 11) is 0. The Morgan fingerprint density at radius 3 is 2.20 bits per heavy atom. The van der Waals surface area contributed by atoms with Gasteiger partial charge in [-0.15, -0.1) is 11.3 Å². The maximum atomic E-state index is 9.08. The van der Waals surface area contributed by atoms with Crippen molar-refractivity contribution < 1.29 is 15.3 Å². The largest absolute Gasteiger partial charge is 0.394 e. The summed E-state index contributed by atoms with van der Waals surface area (Å²) < 4.78 is 0. The zero-order valence-corrected chi connectivity index (χ0v) is 9.55. The van der Waals surface area contributed by atoms with Crippen molar-refractivity contribution >= 4 is 11.3 Å². The van der Waals surface area contributed by atoms with E-state index in [1.54, 1.807) is 11.3 Å². The third-order valence-electron chi connectivity index (χ3n) is 2.34. The van der Waals surface area contributed by atoms with E-state index in [-0.39, 0.29) is 19.8 Å². The first kappa shape index (κ1) is 12.6. The Bertz CT molecular complexity index is 288. The molecule has 4 N–H and O–H groups in total. The predicted octanol–water partition coefficient (Wildman–Crippen LogP) is -0.138. The summed E-state index contributed by atoms with van der Waals surface area (Å²) in [6.07, 6.45) is 0. The molecule has 0 radical (unpaired) electrons. The molecule has 1 heterocycles. The van der Waals surface area contributed by atoms with Crippen LogP contribution in [-0.2, 0) is 6.54 Å². The molecule has 0 spiro atoms. The van der Waals surface area contributed by atoms with Crippen molar-refractivity contribution in [2.24, 2.45) is 0 Å². The molecule has 0 fully saturated rings. The summed E-state index contributed by atoms with van der Waals surface area (Å²) in [4.78, 5) is 2.33. The summed E-state index contributed by atoms with van der Waals surface area (Å²) in [5.74, 6) is 0. The normalized spacial score (nSPS) is 12.0. The number of aliphatic hydroxyl groups excluding tert-OH is 3. The highest BCUT2D eigenvalue weighted by molar-refractivity contribution is 7.11. The lowest BCUT2D eigenvalue weighted by Crippen LogP contribution is -2.54. The first-order valence-corrected chi connectivity index (χ1v) is 5.60. The lowest BCUT2D eigenvalue weighted by atomic mass is 10.0. The van der Waals surface area contributed by atoms with Crippen LogP contribution < -0.4 is 5.32 Å². The van der Waals surface area contributed by atoms with Crippen molar-refractivity contribution in [1.29, 1.82) is 0 Å². The van der Waals surface area contributed by atoms with E-state index < -0.39 is 5.54 Å². The number of thiophene rings is 1. The average Bonchev–Trinajstić information content (AvgIpc) is 2.67. The Labute approximate surface area is 93.2 Å². The molecule has 0 aliphatic carbocycles. The van der Waals surface area contributed by atoms with Gasteiger partial charge in [-0.05, 0) is 19.1 Å². The van der Waals surface area contributed by atoms with E-state index in [0.717, 1.165) is 4.88 Å². The van der Waals surface area contributed by atoms with E-state index in [0.29, 0.717) is 6.54 Å². The fourth-order valence-corrected chi connectivity index (χ4v) is 2.00. The summed E-state index contributed by atoms with van der Waals surface area (Å²) in [6, 6.07) is 4.00. The fourth-order valence-electron chi connectivity index (χ4n) is 1.17. The molecule has 1 rings (SSSR count). The second kappa shape index (κ2) is 5.58. The third-order valence-corrected chi connectivity index (χ3v) is 3.34. The maximum absolute atomic E-state index is 9.08.